The lowest BCUT2D eigenvalue weighted by Crippen LogP contribution is -2.21. The maximum absolute atomic E-state index is 13.4. The fraction of sp³-hybridized carbons (Fsp3) is 0.148. The van der Waals surface area contributed by atoms with Gasteiger partial charge in [0.1, 0.15) is 17.1 Å². The number of phenolic OH excluding ortho intramolecular Hbond substituents is 1. The molecule has 4 N–H and O–H groups in total. The molecule has 0 aliphatic heterocycles. The predicted octanol–water partition coefficient (Wildman–Crippen LogP) is 6.86. The summed E-state index contributed by atoms with van der Waals surface area (Å²) in [6, 6.07) is 23.4. The lowest BCUT2D eigenvalue weighted by atomic mass is 9.96. The molecule has 3 aromatic carbocycles. The predicted molar refractivity (Wildman–Crippen MR) is 134 cm³/mol. The maximum Gasteiger partial charge on any atom is 0.490 e. The molecule has 0 saturated carbocycles. The Balaban J connectivity index is 0.000000349. The van der Waals surface area contributed by atoms with Crippen LogP contribution < -0.4 is 5.32 Å². The number of halogens is 7. The summed E-state index contributed by atoms with van der Waals surface area (Å²) in [6.45, 7) is 1.89. The smallest absolute Gasteiger partial charge is 0.490 e. The van der Waals surface area contributed by atoms with E-state index in [-0.39, 0.29) is 17.6 Å². The molecule has 0 radical (unpaired) electrons. The Morgan fingerprint density at radius 2 is 1.27 bits per heavy atom. The van der Waals surface area contributed by atoms with Crippen molar-refractivity contribution in [3.8, 4) is 5.75 Å². The molecule has 0 aliphatic rings. The first-order valence-corrected chi connectivity index (χ1v) is 11.3. The molecule has 0 amide bonds. The number of aliphatic carboxylic acids is 2. The third-order valence-corrected chi connectivity index (χ3v) is 5.09. The van der Waals surface area contributed by atoms with E-state index in [0.717, 1.165) is 22.3 Å². The van der Waals surface area contributed by atoms with E-state index in [1.54, 1.807) is 12.1 Å². The highest BCUT2D eigenvalue weighted by atomic mass is 19.4. The van der Waals surface area contributed by atoms with Crippen LogP contribution in [0.1, 0.15) is 22.9 Å². The van der Waals surface area contributed by atoms with Crippen LogP contribution in [0.4, 0.5) is 36.4 Å². The highest BCUT2D eigenvalue weighted by molar-refractivity contribution is 5.86. The quantitative estimate of drug-likeness (QED) is 0.193. The number of nitrogens with one attached hydrogen (secondary N) is 1. The number of aromatic nitrogens is 1. The van der Waals surface area contributed by atoms with Crippen molar-refractivity contribution in [3.05, 3.63) is 102 Å². The van der Waals surface area contributed by atoms with Gasteiger partial charge in [-0.05, 0) is 42.8 Å². The number of fused-ring (bicyclic) bond motifs is 1. The normalized spacial score (nSPS) is 11.8. The zero-order chi connectivity index (χ0) is 31.0. The number of alkyl halides is 6. The van der Waals surface area contributed by atoms with Gasteiger partial charge in [0.2, 0.25) is 0 Å². The van der Waals surface area contributed by atoms with Crippen LogP contribution in [0.2, 0.25) is 0 Å². The van der Waals surface area contributed by atoms with Crippen LogP contribution in [0.15, 0.2) is 78.9 Å². The zero-order valence-corrected chi connectivity index (χ0v) is 20.8. The van der Waals surface area contributed by atoms with Gasteiger partial charge in [-0.2, -0.15) is 26.3 Å². The third kappa shape index (κ3) is 9.67. The van der Waals surface area contributed by atoms with Crippen molar-refractivity contribution < 1.29 is 55.6 Å². The number of pyridine rings is 1. The Labute approximate surface area is 227 Å². The highest BCUT2D eigenvalue weighted by Gasteiger charge is 2.38. The molecular formula is C27H21F7N2O5. The molecule has 0 spiro atoms. The Morgan fingerprint density at radius 1 is 0.780 bits per heavy atom. The number of rotatable bonds is 4. The molecule has 7 nitrogen and oxygen atoms in total. The summed E-state index contributed by atoms with van der Waals surface area (Å²) < 4.78 is 76.9. The van der Waals surface area contributed by atoms with Crippen molar-refractivity contribution in [1.29, 1.82) is 0 Å². The Morgan fingerprint density at radius 3 is 1.76 bits per heavy atom. The Kier molecular flexibility index (Phi) is 10.6. The van der Waals surface area contributed by atoms with E-state index in [1.165, 1.54) is 12.1 Å². The van der Waals surface area contributed by atoms with Crippen LogP contribution in [0.5, 0.6) is 5.75 Å². The SMILES string of the molecule is Cc1ccc2ccc(C(Nc3ccccc3)c3ccc(F)cc3)c(O)c2n1.O=C(O)C(F)(F)F.O=C(O)C(F)(F)F. The summed E-state index contributed by atoms with van der Waals surface area (Å²) in [4.78, 5) is 22.3. The molecule has 0 fully saturated rings. The van der Waals surface area contributed by atoms with E-state index in [0.29, 0.717) is 11.1 Å². The second-order valence-electron chi connectivity index (χ2n) is 8.13. The van der Waals surface area contributed by atoms with Crippen LogP contribution in [0.25, 0.3) is 10.9 Å². The van der Waals surface area contributed by atoms with Gasteiger partial charge in [0.25, 0.3) is 0 Å². The van der Waals surface area contributed by atoms with Crippen molar-refractivity contribution in [1.82, 2.24) is 4.98 Å². The van der Waals surface area contributed by atoms with Gasteiger partial charge in [0.15, 0.2) is 0 Å². The Bertz CT molecular complexity index is 1450. The maximum atomic E-state index is 13.4. The van der Waals surface area contributed by atoms with E-state index in [9.17, 15) is 35.8 Å². The Hall–Kier alpha value is -4.88. The first kappa shape index (κ1) is 32.3. The second kappa shape index (κ2) is 13.5. The number of para-hydroxylation sites is 1. The van der Waals surface area contributed by atoms with E-state index in [1.807, 2.05) is 61.5 Å². The monoisotopic (exact) mass is 586 g/mol. The van der Waals surface area contributed by atoms with Gasteiger partial charge in [0.05, 0.1) is 6.04 Å². The molecule has 0 saturated heterocycles. The number of anilines is 1. The lowest BCUT2D eigenvalue weighted by molar-refractivity contribution is -0.193. The number of nitrogens with zero attached hydrogens (tertiary/aromatic N) is 1. The summed E-state index contributed by atoms with van der Waals surface area (Å²) in [5, 5.41) is 29.5. The van der Waals surface area contributed by atoms with E-state index in [4.69, 9.17) is 19.8 Å². The average Bonchev–Trinajstić information content (AvgIpc) is 2.89. The number of aryl methyl sites for hydroxylation is 1. The van der Waals surface area contributed by atoms with Gasteiger partial charge in [-0.25, -0.2) is 19.0 Å². The molecule has 1 heterocycles. The summed E-state index contributed by atoms with van der Waals surface area (Å²) >= 11 is 0. The summed E-state index contributed by atoms with van der Waals surface area (Å²) in [7, 11) is 0. The van der Waals surface area contributed by atoms with Crippen molar-refractivity contribution in [2.45, 2.75) is 25.3 Å². The number of carboxylic acids is 2. The van der Waals surface area contributed by atoms with Crippen molar-refractivity contribution in [3.63, 3.8) is 0 Å². The molecule has 218 valence electrons. The standard InChI is InChI=1S/C23H19FN2O.2C2HF3O2/c1-15-7-8-17-11-14-20(23(27)22(17)25-15)21(16-9-12-18(24)13-10-16)26-19-5-3-2-4-6-19;2*3-2(4,5)1(6)7/h2-14,21,26-27H,1H3;2*(H,6,7). The van der Waals surface area contributed by atoms with Crippen LogP contribution in [-0.4, -0.2) is 44.6 Å². The molecule has 1 aromatic heterocycles. The highest BCUT2D eigenvalue weighted by Crippen LogP contribution is 2.36. The van der Waals surface area contributed by atoms with Crippen molar-refractivity contribution >= 4 is 28.5 Å². The van der Waals surface area contributed by atoms with Crippen molar-refractivity contribution in [2.75, 3.05) is 5.32 Å². The summed E-state index contributed by atoms with van der Waals surface area (Å²) in [6.07, 6.45) is -10.2. The van der Waals surface area contributed by atoms with E-state index in [2.05, 4.69) is 10.3 Å². The second-order valence-corrected chi connectivity index (χ2v) is 8.13. The van der Waals surface area contributed by atoms with Crippen LogP contribution in [0, 0.1) is 12.7 Å². The first-order valence-electron chi connectivity index (χ1n) is 11.3. The molecule has 41 heavy (non-hydrogen) atoms. The van der Waals surface area contributed by atoms with Gasteiger partial charge in [0, 0.05) is 22.3 Å². The number of carbonyl (C=O) groups is 2. The molecule has 0 aliphatic carbocycles. The van der Waals surface area contributed by atoms with Gasteiger partial charge in [-0.1, -0.05) is 48.5 Å². The summed E-state index contributed by atoms with van der Waals surface area (Å²) in [5.74, 6) is -5.67. The first-order chi connectivity index (χ1) is 19.0. The summed E-state index contributed by atoms with van der Waals surface area (Å²) in [5.41, 5.74) is 3.85. The number of carboxylic acid groups (broad SMARTS) is 2. The lowest BCUT2D eigenvalue weighted by Gasteiger charge is -2.22. The average molecular weight is 586 g/mol. The van der Waals surface area contributed by atoms with Crippen LogP contribution in [0.3, 0.4) is 0 Å². The third-order valence-electron chi connectivity index (χ3n) is 5.09. The minimum atomic E-state index is -5.08. The largest absolute Gasteiger partial charge is 0.505 e. The number of hydrogen-bond donors (Lipinski definition) is 4. The minimum absolute atomic E-state index is 0.133. The number of aromatic hydroxyl groups is 1. The molecule has 0 bridgehead atoms. The molecule has 1 unspecified atom stereocenters. The van der Waals surface area contributed by atoms with Gasteiger partial charge in [-0.3, -0.25) is 0 Å². The molecule has 4 rings (SSSR count). The van der Waals surface area contributed by atoms with Crippen LogP contribution >= 0.6 is 0 Å². The van der Waals surface area contributed by atoms with Gasteiger partial charge >= 0.3 is 24.3 Å². The molecule has 14 heteroatoms. The fourth-order valence-corrected chi connectivity index (χ4v) is 3.22. The molecule has 4 aromatic rings. The number of benzene rings is 3. The molecular weight excluding hydrogens is 565 g/mol. The van der Waals surface area contributed by atoms with Gasteiger partial charge < -0.3 is 20.6 Å². The minimum Gasteiger partial charge on any atom is -0.505 e. The zero-order valence-electron chi connectivity index (χ0n) is 20.8. The number of phenols is 1. The fourth-order valence-electron chi connectivity index (χ4n) is 3.22. The molecule has 1 atom stereocenters. The van der Waals surface area contributed by atoms with E-state index >= 15 is 0 Å². The van der Waals surface area contributed by atoms with Crippen molar-refractivity contribution in [2.24, 2.45) is 0 Å². The topological polar surface area (TPSA) is 120 Å². The van der Waals surface area contributed by atoms with Crippen LogP contribution in [-0.2, 0) is 9.59 Å². The van der Waals surface area contributed by atoms with Gasteiger partial charge in [-0.15, -0.1) is 0 Å². The number of hydrogen-bond acceptors (Lipinski definition) is 5. The van der Waals surface area contributed by atoms with E-state index < -0.39 is 24.3 Å².